The minimum atomic E-state index is -0.468. The molecule has 5 heteroatoms. The summed E-state index contributed by atoms with van der Waals surface area (Å²) in [6.07, 6.45) is 51.8. The van der Waals surface area contributed by atoms with E-state index >= 15 is 0 Å². The number of rotatable bonds is 36. The molecular weight excluding hydrogens is 639 g/mol. The molecule has 2 aliphatic heterocycles. The van der Waals surface area contributed by atoms with Gasteiger partial charge in [-0.1, -0.05) is 154 Å². The first-order chi connectivity index (χ1) is 25.7. The molecule has 0 spiro atoms. The predicted molar refractivity (Wildman–Crippen MR) is 228 cm³/mol. The molecule has 0 amide bonds. The Balaban J connectivity index is 1.78. The molecule has 0 N–H and O–H groups in total. The number of unbranched alkanes of at least 4 members (excludes halogenated alkanes) is 22. The third kappa shape index (κ3) is 22.0. The van der Waals surface area contributed by atoms with Gasteiger partial charge in [0.15, 0.2) is 0 Å². The van der Waals surface area contributed by atoms with Crippen molar-refractivity contribution in [2.24, 2.45) is 4.99 Å². The summed E-state index contributed by atoms with van der Waals surface area (Å²) < 4.78 is 5.58. The molecule has 0 radical (unpaired) electrons. The van der Waals surface area contributed by atoms with Crippen LogP contribution in [0.2, 0.25) is 0 Å². The quantitative estimate of drug-likeness (QED) is 0.0366. The third-order valence-corrected chi connectivity index (χ3v) is 11.6. The van der Waals surface area contributed by atoms with E-state index in [1.54, 1.807) is 0 Å². The van der Waals surface area contributed by atoms with Gasteiger partial charge in [0, 0.05) is 12.8 Å². The van der Waals surface area contributed by atoms with E-state index in [-0.39, 0.29) is 11.5 Å². The Bertz CT molecular complexity index is 868. The second kappa shape index (κ2) is 32.9. The van der Waals surface area contributed by atoms with Gasteiger partial charge in [0.2, 0.25) is 6.17 Å². The van der Waals surface area contributed by atoms with E-state index in [4.69, 9.17) is 9.73 Å². The lowest BCUT2D eigenvalue weighted by Gasteiger charge is -2.39. The molecule has 2 rings (SSSR count). The van der Waals surface area contributed by atoms with Crippen molar-refractivity contribution in [3.8, 4) is 0 Å². The molecule has 2 heterocycles. The Morgan fingerprint density at radius 2 is 1.02 bits per heavy atom. The van der Waals surface area contributed by atoms with E-state index in [1.807, 2.05) is 6.92 Å². The average molecular weight is 726 g/mol. The van der Waals surface area contributed by atoms with Gasteiger partial charge >= 0.3 is 5.97 Å². The summed E-state index contributed by atoms with van der Waals surface area (Å²) in [7, 11) is 0. The number of allylic oxidation sites excluding steroid dienone is 4. The van der Waals surface area contributed by atoms with Crippen LogP contribution in [0.5, 0.6) is 0 Å². The van der Waals surface area contributed by atoms with E-state index in [9.17, 15) is 4.79 Å². The van der Waals surface area contributed by atoms with Gasteiger partial charge in [-0.2, -0.15) is 0 Å². The molecule has 1 saturated heterocycles. The molecule has 1 unspecified atom stereocenters. The lowest BCUT2D eigenvalue weighted by Crippen LogP contribution is -2.53. The molecule has 0 saturated carbocycles. The molecule has 1 fully saturated rings. The fourth-order valence-corrected chi connectivity index (χ4v) is 8.37. The van der Waals surface area contributed by atoms with E-state index in [1.165, 1.54) is 193 Å². The van der Waals surface area contributed by atoms with Crippen LogP contribution in [0.15, 0.2) is 29.3 Å². The second-order valence-electron chi connectivity index (χ2n) is 16.3. The summed E-state index contributed by atoms with van der Waals surface area (Å²) in [6.45, 7) is 11.4. The van der Waals surface area contributed by atoms with Gasteiger partial charge in [-0.05, 0) is 110 Å². The summed E-state index contributed by atoms with van der Waals surface area (Å²) in [5, 5.41) is 0. The highest BCUT2D eigenvalue weighted by atomic mass is 16.5. The maximum absolute atomic E-state index is 13.2. The normalized spacial score (nSPS) is 17.8. The van der Waals surface area contributed by atoms with Crippen LogP contribution in [-0.4, -0.2) is 66.5 Å². The zero-order chi connectivity index (χ0) is 37.2. The van der Waals surface area contributed by atoms with Crippen molar-refractivity contribution in [1.82, 2.24) is 9.80 Å². The number of hydrogen-bond donors (Lipinski definition) is 0. The van der Waals surface area contributed by atoms with Crippen molar-refractivity contribution in [2.45, 2.75) is 232 Å². The number of carbonyl (C=O) groups excluding carboxylic acids is 1. The highest BCUT2D eigenvalue weighted by Gasteiger charge is 2.45. The SMILES string of the molecule is CCCCCCCC/C=C/CCCCCCCC1(CCCCCCC/C=C/CCCCCCCC)C=NC(C(=O)OCC)N1CCCN1CCCC1. The zero-order valence-corrected chi connectivity index (χ0v) is 35.1. The number of likely N-dealkylation sites (tertiary alicyclic amines) is 1. The van der Waals surface area contributed by atoms with Gasteiger partial charge in [-0.3, -0.25) is 9.89 Å². The first-order valence-electron chi connectivity index (χ1n) is 23.2. The van der Waals surface area contributed by atoms with Gasteiger partial charge < -0.3 is 9.64 Å². The number of nitrogens with zero attached hydrogens (tertiary/aromatic N) is 3. The van der Waals surface area contributed by atoms with Crippen molar-refractivity contribution in [3.05, 3.63) is 24.3 Å². The van der Waals surface area contributed by atoms with Gasteiger partial charge in [0.1, 0.15) is 0 Å². The van der Waals surface area contributed by atoms with Gasteiger partial charge in [0.05, 0.1) is 12.1 Å². The van der Waals surface area contributed by atoms with Crippen LogP contribution in [0.4, 0.5) is 0 Å². The Labute approximate surface area is 324 Å². The number of esters is 1. The van der Waals surface area contributed by atoms with Crippen LogP contribution in [0, 0.1) is 0 Å². The van der Waals surface area contributed by atoms with Crippen molar-refractivity contribution < 1.29 is 9.53 Å². The third-order valence-electron chi connectivity index (χ3n) is 11.6. The van der Waals surface area contributed by atoms with Crippen LogP contribution in [0.1, 0.15) is 220 Å². The Morgan fingerprint density at radius 3 is 1.46 bits per heavy atom. The standard InChI is InChI=1S/C47H87N3O2/c1-4-7-9-11-13-15-17-19-21-23-25-27-29-31-33-38-47(39-34-32-30-28-26-24-22-20-18-16-14-12-10-8-5-2)44-48-45(46(51)52-6-3)50(47)43-37-42-49-40-35-36-41-49/h19-22,44-45H,4-18,23-43H2,1-3H3/b21-19+,22-20+. The molecule has 2 aliphatic rings. The maximum atomic E-state index is 13.2. The van der Waals surface area contributed by atoms with E-state index < -0.39 is 6.17 Å². The molecule has 0 aromatic carbocycles. The van der Waals surface area contributed by atoms with Crippen LogP contribution >= 0.6 is 0 Å². The monoisotopic (exact) mass is 726 g/mol. The van der Waals surface area contributed by atoms with Gasteiger partial charge in [0.25, 0.3) is 0 Å². The number of aliphatic imine (C=N–C) groups is 1. The molecule has 0 aliphatic carbocycles. The Hall–Kier alpha value is -1.46. The van der Waals surface area contributed by atoms with E-state index in [0.717, 1.165) is 32.4 Å². The molecular formula is C47H87N3O2. The summed E-state index contributed by atoms with van der Waals surface area (Å²) in [5.74, 6) is -0.157. The summed E-state index contributed by atoms with van der Waals surface area (Å²) in [4.78, 5) is 23.2. The van der Waals surface area contributed by atoms with Crippen LogP contribution in [-0.2, 0) is 9.53 Å². The highest BCUT2D eigenvalue weighted by Crippen LogP contribution is 2.35. The average Bonchev–Trinajstić information content (AvgIpc) is 3.80. The number of ether oxygens (including phenoxy) is 1. The zero-order valence-electron chi connectivity index (χ0n) is 35.1. The molecule has 0 aromatic heterocycles. The first kappa shape index (κ1) is 46.7. The summed E-state index contributed by atoms with van der Waals surface area (Å²) in [5.41, 5.74) is -0.110. The lowest BCUT2D eigenvalue weighted by molar-refractivity contribution is -0.150. The summed E-state index contributed by atoms with van der Waals surface area (Å²) in [6, 6.07) is 0. The highest BCUT2D eigenvalue weighted by molar-refractivity contribution is 5.84. The topological polar surface area (TPSA) is 45.1 Å². The maximum Gasteiger partial charge on any atom is 0.346 e. The number of carbonyl (C=O) groups is 1. The smallest absolute Gasteiger partial charge is 0.346 e. The molecule has 52 heavy (non-hydrogen) atoms. The number of hydrogen-bond acceptors (Lipinski definition) is 5. The second-order valence-corrected chi connectivity index (χ2v) is 16.3. The van der Waals surface area contributed by atoms with Crippen molar-refractivity contribution in [3.63, 3.8) is 0 Å². The summed E-state index contributed by atoms with van der Waals surface area (Å²) >= 11 is 0. The minimum absolute atomic E-state index is 0.110. The fourth-order valence-electron chi connectivity index (χ4n) is 8.37. The Kier molecular flexibility index (Phi) is 29.6. The molecule has 5 nitrogen and oxygen atoms in total. The van der Waals surface area contributed by atoms with Crippen LogP contribution < -0.4 is 0 Å². The minimum Gasteiger partial charge on any atom is -0.463 e. The van der Waals surface area contributed by atoms with Gasteiger partial charge in [-0.15, -0.1) is 0 Å². The largest absolute Gasteiger partial charge is 0.463 e. The fraction of sp³-hybridized carbons (Fsp3) is 0.872. The molecule has 302 valence electrons. The van der Waals surface area contributed by atoms with Crippen molar-refractivity contribution >= 4 is 12.2 Å². The van der Waals surface area contributed by atoms with E-state index in [0.29, 0.717) is 6.61 Å². The first-order valence-corrected chi connectivity index (χ1v) is 23.2. The Morgan fingerprint density at radius 1 is 0.596 bits per heavy atom. The van der Waals surface area contributed by atoms with Crippen molar-refractivity contribution in [2.75, 3.05) is 32.8 Å². The molecule has 0 bridgehead atoms. The van der Waals surface area contributed by atoms with Crippen molar-refractivity contribution in [1.29, 1.82) is 0 Å². The lowest BCUT2D eigenvalue weighted by atomic mass is 9.85. The molecule has 0 aromatic rings. The van der Waals surface area contributed by atoms with Crippen LogP contribution in [0.3, 0.4) is 0 Å². The van der Waals surface area contributed by atoms with Gasteiger partial charge in [-0.25, -0.2) is 4.79 Å². The predicted octanol–water partition coefficient (Wildman–Crippen LogP) is 13.6. The van der Waals surface area contributed by atoms with Crippen LogP contribution in [0.25, 0.3) is 0 Å². The molecule has 1 atom stereocenters. The van der Waals surface area contributed by atoms with E-state index in [2.05, 4.69) is 54.2 Å².